The molecule has 0 saturated carbocycles. The lowest BCUT2D eigenvalue weighted by Gasteiger charge is -2.25. The van der Waals surface area contributed by atoms with Crippen LogP contribution in [-0.4, -0.2) is 67.0 Å². The van der Waals surface area contributed by atoms with Crippen molar-refractivity contribution in [1.82, 2.24) is 14.9 Å². The molecule has 170 valence electrons. The van der Waals surface area contributed by atoms with Crippen LogP contribution in [0.2, 0.25) is 0 Å². The highest BCUT2D eigenvalue weighted by atomic mass is 16.5. The zero-order valence-corrected chi connectivity index (χ0v) is 18.6. The molecule has 0 bridgehead atoms. The normalized spacial score (nSPS) is 18.0. The van der Waals surface area contributed by atoms with Crippen LogP contribution in [0, 0.1) is 11.3 Å². The molecule has 7 nitrogen and oxygen atoms in total. The molecule has 3 aromatic rings. The summed E-state index contributed by atoms with van der Waals surface area (Å²) in [5.74, 6) is 0.637. The Labute approximate surface area is 193 Å². The van der Waals surface area contributed by atoms with Crippen molar-refractivity contribution >= 4 is 17.1 Å². The Morgan fingerprint density at radius 2 is 1.97 bits per heavy atom. The third-order valence-electron chi connectivity index (χ3n) is 6.20. The Morgan fingerprint density at radius 1 is 1.15 bits per heavy atom. The second-order valence-corrected chi connectivity index (χ2v) is 8.43. The smallest absolute Gasteiger partial charge is 0.137 e. The maximum atomic E-state index is 9.74. The number of benzene rings is 1. The number of nitrogens with one attached hydrogen (secondary N) is 1. The van der Waals surface area contributed by atoms with Gasteiger partial charge in [0.25, 0.3) is 0 Å². The van der Waals surface area contributed by atoms with E-state index >= 15 is 0 Å². The van der Waals surface area contributed by atoms with E-state index in [0.29, 0.717) is 24.5 Å². The Bertz CT molecular complexity index is 1170. The number of aromatic amines is 1. The maximum absolute atomic E-state index is 9.74. The second kappa shape index (κ2) is 10.2. The molecular formula is C26H28N4O3. The molecule has 0 atom stereocenters. The number of pyridine rings is 1. The van der Waals surface area contributed by atoms with Gasteiger partial charge in [-0.05, 0) is 29.3 Å². The monoisotopic (exact) mass is 444 g/mol. The van der Waals surface area contributed by atoms with Gasteiger partial charge in [0, 0.05) is 55.8 Å². The van der Waals surface area contributed by atoms with Gasteiger partial charge in [0.2, 0.25) is 0 Å². The molecule has 2 aliphatic heterocycles. The van der Waals surface area contributed by atoms with Crippen LogP contribution in [-0.2, 0) is 9.47 Å². The molecule has 0 spiro atoms. The molecule has 0 aliphatic carbocycles. The first-order chi connectivity index (χ1) is 16.3. The summed E-state index contributed by atoms with van der Waals surface area (Å²) in [5, 5.41) is 10.8. The highest BCUT2D eigenvalue weighted by Gasteiger charge is 2.18. The summed E-state index contributed by atoms with van der Waals surface area (Å²) >= 11 is 0. The highest BCUT2D eigenvalue weighted by Crippen LogP contribution is 2.32. The van der Waals surface area contributed by atoms with Crippen LogP contribution in [0.15, 0.2) is 42.7 Å². The summed E-state index contributed by atoms with van der Waals surface area (Å²) in [6.45, 7) is 5.86. The molecule has 2 saturated heterocycles. The summed E-state index contributed by atoms with van der Waals surface area (Å²) in [6, 6.07) is 10.3. The largest absolute Gasteiger partial charge is 0.489 e. The van der Waals surface area contributed by atoms with Crippen LogP contribution >= 0.6 is 0 Å². The fourth-order valence-corrected chi connectivity index (χ4v) is 4.33. The van der Waals surface area contributed by atoms with Gasteiger partial charge in [-0.2, -0.15) is 5.26 Å². The van der Waals surface area contributed by atoms with Crippen molar-refractivity contribution in [2.45, 2.75) is 18.9 Å². The van der Waals surface area contributed by atoms with E-state index in [1.807, 2.05) is 30.6 Å². The highest BCUT2D eigenvalue weighted by molar-refractivity contribution is 5.95. The van der Waals surface area contributed by atoms with Gasteiger partial charge in [-0.25, -0.2) is 4.98 Å². The van der Waals surface area contributed by atoms with Gasteiger partial charge in [0.05, 0.1) is 32.0 Å². The van der Waals surface area contributed by atoms with Gasteiger partial charge in [-0.15, -0.1) is 0 Å². The van der Waals surface area contributed by atoms with Crippen LogP contribution in [0.1, 0.15) is 24.0 Å². The Balaban J connectivity index is 1.36. The second-order valence-electron chi connectivity index (χ2n) is 8.43. The molecule has 2 aromatic heterocycles. The number of nitrogens with zero attached hydrogens (tertiary/aromatic N) is 3. The number of fused-ring (bicyclic) bond motifs is 1. The molecule has 1 N–H and O–H groups in total. The fraction of sp³-hybridized carbons (Fsp3) is 0.385. The lowest BCUT2D eigenvalue weighted by Crippen LogP contribution is -2.36. The van der Waals surface area contributed by atoms with Crippen LogP contribution in [0.5, 0.6) is 5.75 Å². The van der Waals surface area contributed by atoms with E-state index in [1.165, 1.54) is 0 Å². The quantitative estimate of drug-likeness (QED) is 0.619. The average molecular weight is 445 g/mol. The molecule has 1 aromatic carbocycles. The standard InChI is InChI=1S/C26H28N4O3/c27-16-21-15-20(3-4-25(21)33-22-5-10-31-11-6-22)24-18-29-26-23(24)14-19(17-28-26)2-1-7-30-8-12-32-13-9-30/h1-4,14-15,17-18,22H,5-13H2,(H,28,29). The van der Waals surface area contributed by atoms with Gasteiger partial charge in [0.15, 0.2) is 0 Å². The number of morpholine rings is 1. The molecule has 2 fully saturated rings. The SMILES string of the molecule is N#Cc1cc(-c2c[nH]c3ncc(C=CCN4CCOCC4)cc23)ccc1OC1CCOCC1. The number of nitriles is 1. The molecule has 0 radical (unpaired) electrons. The van der Waals surface area contributed by atoms with Gasteiger partial charge in [-0.3, -0.25) is 4.90 Å². The predicted molar refractivity (Wildman–Crippen MR) is 127 cm³/mol. The molecule has 7 heteroatoms. The summed E-state index contributed by atoms with van der Waals surface area (Å²) in [4.78, 5) is 10.2. The zero-order valence-electron chi connectivity index (χ0n) is 18.6. The Kier molecular flexibility index (Phi) is 6.68. The van der Waals surface area contributed by atoms with E-state index in [1.54, 1.807) is 0 Å². The molecule has 33 heavy (non-hydrogen) atoms. The summed E-state index contributed by atoms with van der Waals surface area (Å²) in [7, 11) is 0. The average Bonchev–Trinajstić information content (AvgIpc) is 3.29. The molecular weight excluding hydrogens is 416 g/mol. The summed E-state index contributed by atoms with van der Waals surface area (Å²) < 4.78 is 16.9. The van der Waals surface area contributed by atoms with E-state index < -0.39 is 0 Å². The van der Waals surface area contributed by atoms with Crippen LogP contribution in [0.4, 0.5) is 0 Å². The first-order valence-electron chi connectivity index (χ1n) is 11.5. The number of aromatic nitrogens is 2. The fourth-order valence-electron chi connectivity index (χ4n) is 4.33. The number of H-pyrrole nitrogens is 1. The molecule has 0 amide bonds. The van der Waals surface area contributed by atoms with E-state index in [9.17, 15) is 5.26 Å². The zero-order chi connectivity index (χ0) is 22.5. The molecule has 2 aliphatic rings. The number of hydrogen-bond acceptors (Lipinski definition) is 6. The summed E-state index contributed by atoms with van der Waals surface area (Å²) in [5.41, 5.74) is 4.42. The first kappa shape index (κ1) is 21.7. The number of rotatable bonds is 6. The third kappa shape index (κ3) is 5.09. The van der Waals surface area contributed by atoms with Crippen LogP contribution in [0.3, 0.4) is 0 Å². The van der Waals surface area contributed by atoms with Crippen molar-refractivity contribution in [3.8, 4) is 22.9 Å². The Morgan fingerprint density at radius 3 is 2.79 bits per heavy atom. The Hall–Kier alpha value is -3.18. The number of hydrogen-bond donors (Lipinski definition) is 1. The lowest BCUT2D eigenvalue weighted by molar-refractivity contribution is 0.0254. The minimum Gasteiger partial charge on any atom is -0.489 e. The van der Waals surface area contributed by atoms with E-state index in [4.69, 9.17) is 14.2 Å². The van der Waals surface area contributed by atoms with Gasteiger partial charge < -0.3 is 19.2 Å². The molecule has 0 unspecified atom stereocenters. The summed E-state index contributed by atoms with van der Waals surface area (Å²) in [6.07, 6.45) is 9.92. The van der Waals surface area contributed by atoms with Crippen LogP contribution < -0.4 is 4.74 Å². The minimum atomic E-state index is 0.0980. The van der Waals surface area contributed by atoms with Crippen molar-refractivity contribution in [2.24, 2.45) is 0 Å². The first-order valence-corrected chi connectivity index (χ1v) is 11.5. The van der Waals surface area contributed by atoms with Crippen molar-refractivity contribution in [1.29, 1.82) is 5.26 Å². The van der Waals surface area contributed by atoms with Gasteiger partial charge in [0.1, 0.15) is 23.6 Å². The van der Waals surface area contributed by atoms with Crippen molar-refractivity contribution in [3.05, 3.63) is 53.9 Å². The van der Waals surface area contributed by atoms with Crippen molar-refractivity contribution < 1.29 is 14.2 Å². The number of ether oxygens (including phenoxy) is 3. The maximum Gasteiger partial charge on any atom is 0.137 e. The van der Waals surface area contributed by atoms with E-state index in [2.05, 4.69) is 39.2 Å². The minimum absolute atomic E-state index is 0.0980. The van der Waals surface area contributed by atoms with Crippen LogP contribution in [0.25, 0.3) is 28.2 Å². The van der Waals surface area contributed by atoms with Crippen molar-refractivity contribution in [3.63, 3.8) is 0 Å². The van der Waals surface area contributed by atoms with Crippen molar-refractivity contribution in [2.75, 3.05) is 46.1 Å². The van der Waals surface area contributed by atoms with E-state index in [0.717, 1.165) is 73.4 Å². The van der Waals surface area contributed by atoms with Gasteiger partial charge >= 0.3 is 0 Å². The topological polar surface area (TPSA) is 83.4 Å². The lowest BCUT2D eigenvalue weighted by atomic mass is 10.0. The predicted octanol–water partition coefficient (Wildman–Crippen LogP) is 4.00. The third-order valence-corrected chi connectivity index (χ3v) is 6.20. The molecule has 4 heterocycles. The van der Waals surface area contributed by atoms with E-state index in [-0.39, 0.29) is 6.10 Å². The molecule has 5 rings (SSSR count). The van der Waals surface area contributed by atoms with Gasteiger partial charge in [-0.1, -0.05) is 18.2 Å².